The minimum atomic E-state index is 0.672. The molecule has 1 aromatic rings. The molecule has 3 unspecified atom stereocenters. The number of hydrogen-bond acceptors (Lipinski definition) is 0. The Morgan fingerprint density at radius 2 is 1.23 bits per heavy atom. The lowest BCUT2D eigenvalue weighted by molar-refractivity contribution is 0.415. The van der Waals surface area contributed by atoms with Crippen molar-refractivity contribution < 1.29 is 0 Å². The Hall–Kier alpha value is -1.82. The third-order valence-electron chi connectivity index (χ3n) is 6.57. The van der Waals surface area contributed by atoms with Crippen LogP contribution in [0.25, 0.3) is 5.57 Å². The molecule has 3 atom stereocenters. The van der Waals surface area contributed by atoms with Crippen molar-refractivity contribution in [1.29, 1.82) is 0 Å². The maximum Gasteiger partial charge on any atom is -0.0193 e. The summed E-state index contributed by atoms with van der Waals surface area (Å²) in [7, 11) is 0. The number of rotatable bonds is 10. The van der Waals surface area contributed by atoms with Gasteiger partial charge in [-0.25, -0.2) is 0 Å². The van der Waals surface area contributed by atoms with E-state index in [-0.39, 0.29) is 0 Å². The SMILES string of the molecule is C=C(C)C.C=C/C=C\C.CC/C(C)=C(/C)c1ccc(C(C)CC)cc1.CCC(C)CCC(C)CC. The van der Waals surface area contributed by atoms with Gasteiger partial charge in [-0.3, -0.25) is 0 Å². The van der Waals surface area contributed by atoms with Crippen LogP contribution >= 0.6 is 0 Å². The van der Waals surface area contributed by atoms with Gasteiger partial charge >= 0.3 is 0 Å². The van der Waals surface area contributed by atoms with Gasteiger partial charge in [0.25, 0.3) is 0 Å². The van der Waals surface area contributed by atoms with Gasteiger partial charge in [0.1, 0.15) is 0 Å². The number of allylic oxidation sites excluding steroid dienone is 6. The summed E-state index contributed by atoms with van der Waals surface area (Å²) in [6.07, 6.45) is 13.5. The van der Waals surface area contributed by atoms with Crippen molar-refractivity contribution in [3.63, 3.8) is 0 Å². The standard InChI is InChI=1S/C16H24.C10H22.C5H8.C4H8/c1-6-12(3)14(5)16-10-8-15(9-11-16)13(4)7-2;1-5-9(3)7-8-10(4)6-2;1-3-5-4-2;1-4(2)3/h8-11,13H,6-7H2,1-5H3;9-10H,5-8H2,1-4H3;3-5H,1H2,2H3;1H2,2-3H3/b14-12-;;5-4-;. The van der Waals surface area contributed by atoms with Crippen LogP contribution in [0.3, 0.4) is 0 Å². The number of hydrogen-bond donors (Lipinski definition) is 0. The lowest BCUT2D eigenvalue weighted by Gasteiger charge is -2.11. The van der Waals surface area contributed by atoms with E-state index in [0.717, 1.165) is 18.3 Å². The summed E-state index contributed by atoms with van der Waals surface area (Å²) in [4.78, 5) is 0. The molecule has 0 heterocycles. The molecular formula is C35H62. The summed E-state index contributed by atoms with van der Waals surface area (Å²) < 4.78 is 0. The van der Waals surface area contributed by atoms with E-state index >= 15 is 0 Å². The molecule has 0 fully saturated rings. The average molecular weight is 483 g/mol. The van der Waals surface area contributed by atoms with E-state index in [1.807, 2.05) is 32.9 Å². The molecule has 1 aromatic carbocycles. The molecule has 0 amide bonds. The summed E-state index contributed by atoms with van der Waals surface area (Å²) in [5.74, 6) is 2.55. The second-order valence-electron chi connectivity index (χ2n) is 10.3. The molecule has 202 valence electrons. The van der Waals surface area contributed by atoms with Crippen molar-refractivity contribution in [2.75, 3.05) is 0 Å². The molecule has 0 aliphatic heterocycles. The first-order valence-corrected chi connectivity index (χ1v) is 14.1. The first-order valence-electron chi connectivity index (χ1n) is 14.1. The topological polar surface area (TPSA) is 0 Å². The van der Waals surface area contributed by atoms with E-state index in [1.54, 1.807) is 6.08 Å². The molecule has 0 aliphatic carbocycles. The second kappa shape index (κ2) is 25.3. The highest BCUT2D eigenvalue weighted by Gasteiger charge is 2.04. The average Bonchev–Trinajstić information content (AvgIpc) is 2.86. The summed E-state index contributed by atoms with van der Waals surface area (Å²) in [5.41, 5.74) is 6.90. The van der Waals surface area contributed by atoms with Gasteiger partial charge in [-0.05, 0) is 81.9 Å². The highest BCUT2D eigenvalue weighted by molar-refractivity contribution is 5.66. The molecule has 0 radical (unpaired) electrons. The largest absolute Gasteiger partial charge is 0.100 e. The van der Waals surface area contributed by atoms with Crippen LogP contribution in [0.4, 0.5) is 0 Å². The van der Waals surface area contributed by atoms with Gasteiger partial charge in [0.15, 0.2) is 0 Å². The molecule has 0 heteroatoms. The van der Waals surface area contributed by atoms with Gasteiger partial charge in [0.2, 0.25) is 0 Å². The van der Waals surface area contributed by atoms with Gasteiger partial charge in [0.05, 0.1) is 0 Å². The van der Waals surface area contributed by atoms with Crippen LogP contribution in [0, 0.1) is 11.8 Å². The van der Waals surface area contributed by atoms with Crippen molar-refractivity contribution >= 4 is 5.57 Å². The molecule has 35 heavy (non-hydrogen) atoms. The lowest BCUT2D eigenvalue weighted by Crippen LogP contribution is -1.97. The van der Waals surface area contributed by atoms with Gasteiger partial charge in [0, 0.05) is 0 Å². The third kappa shape index (κ3) is 23.7. The lowest BCUT2D eigenvalue weighted by atomic mass is 9.94. The van der Waals surface area contributed by atoms with Crippen LogP contribution in [0.2, 0.25) is 0 Å². The molecular weight excluding hydrogens is 420 g/mol. The van der Waals surface area contributed by atoms with E-state index in [9.17, 15) is 0 Å². The van der Waals surface area contributed by atoms with Gasteiger partial charge in [-0.1, -0.05) is 134 Å². The molecule has 0 bridgehead atoms. The van der Waals surface area contributed by atoms with Crippen molar-refractivity contribution in [2.45, 2.75) is 128 Å². The Balaban J connectivity index is -0.000000458. The molecule has 0 N–H and O–H groups in total. The fourth-order valence-electron chi connectivity index (χ4n) is 2.92. The van der Waals surface area contributed by atoms with Gasteiger partial charge in [-0.2, -0.15) is 0 Å². The zero-order chi connectivity index (χ0) is 27.8. The Bertz CT molecular complexity index is 669. The fourth-order valence-corrected chi connectivity index (χ4v) is 2.92. The van der Waals surface area contributed by atoms with E-state index in [4.69, 9.17) is 0 Å². The Labute approximate surface area is 222 Å². The Morgan fingerprint density at radius 1 is 0.800 bits per heavy atom. The molecule has 0 aliphatic rings. The van der Waals surface area contributed by atoms with Crippen LogP contribution in [0.1, 0.15) is 139 Å². The van der Waals surface area contributed by atoms with Crippen molar-refractivity contribution in [2.24, 2.45) is 11.8 Å². The summed E-state index contributed by atoms with van der Waals surface area (Å²) >= 11 is 0. The second-order valence-corrected chi connectivity index (χ2v) is 10.3. The van der Waals surface area contributed by atoms with E-state index in [2.05, 4.69) is 99.7 Å². The Kier molecular flexibility index (Phi) is 27.2. The quantitative estimate of drug-likeness (QED) is 0.230. The molecule has 0 saturated carbocycles. The first-order chi connectivity index (χ1) is 16.4. The zero-order valence-electron chi connectivity index (χ0n) is 25.9. The minimum Gasteiger partial charge on any atom is -0.100 e. The predicted octanol–water partition coefficient (Wildman–Crippen LogP) is 12.6. The molecule has 0 aromatic heterocycles. The molecule has 0 nitrogen and oxygen atoms in total. The van der Waals surface area contributed by atoms with E-state index in [0.29, 0.717) is 5.92 Å². The summed E-state index contributed by atoms with van der Waals surface area (Å²) in [5, 5.41) is 0. The maximum absolute atomic E-state index is 3.56. The van der Waals surface area contributed by atoms with Crippen LogP contribution < -0.4 is 0 Å². The highest BCUT2D eigenvalue weighted by Crippen LogP contribution is 2.24. The van der Waals surface area contributed by atoms with Crippen LogP contribution in [0.5, 0.6) is 0 Å². The molecule has 0 spiro atoms. The third-order valence-corrected chi connectivity index (χ3v) is 6.57. The summed E-state index contributed by atoms with van der Waals surface area (Å²) in [6.45, 7) is 33.4. The normalized spacial score (nSPS) is 13.5. The smallest absolute Gasteiger partial charge is 0.0193 e. The Morgan fingerprint density at radius 3 is 1.49 bits per heavy atom. The van der Waals surface area contributed by atoms with Crippen molar-refractivity contribution in [3.05, 3.63) is 77.9 Å². The zero-order valence-corrected chi connectivity index (χ0v) is 25.9. The molecule has 1 rings (SSSR count). The van der Waals surface area contributed by atoms with E-state index < -0.39 is 0 Å². The summed E-state index contributed by atoms with van der Waals surface area (Å²) in [6, 6.07) is 9.07. The minimum absolute atomic E-state index is 0.672. The monoisotopic (exact) mass is 482 g/mol. The van der Waals surface area contributed by atoms with Crippen molar-refractivity contribution in [1.82, 2.24) is 0 Å². The number of benzene rings is 1. The maximum atomic E-state index is 3.56. The van der Waals surface area contributed by atoms with E-state index in [1.165, 1.54) is 60.0 Å². The van der Waals surface area contributed by atoms with Crippen LogP contribution in [-0.2, 0) is 0 Å². The molecule has 0 saturated heterocycles. The highest BCUT2D eigenvalue weighted by atomic mass is 14.1. The van der Waals surface area contributed by atoms with Gasteiger partial charge in [-0.15, -0.1) is 6.58 Å². The van der Waals surface area contributed by atoms with Crippen molar-refractivity contribution in [3.8, 4) is 0 Å². The van der Waals surface area contributed by atoms with Crippen LogP contribution in [-0.4, -0.2) is 0 Å². The first kappa shape index (κ1) is 37.7. The fraction of sp³-hybridized carbons (Fsp3) is 0.600. The predicted molar refractivity (Wildman–Crippen MR) is 167 cm³/mol. The van der Waals surface area contributed by atoms with Gasteiger partial charge < -0.3 is 0 Å². The van der Waals surface area contributed by atoms with Crippen LogP contribution in [0.15, 0.2) is 66.8 Å².